The molecule has 134 valence electrons. The highest BCUT2D eigenvalue weighted by molar-refractivity contribution is 7.91. The Labute approximate surface area is 151 Å². The first kappa shape index (κ1) is 19.4. The van der Waals surface area contributed by atoms with Crippen molar-refractivity contribution in [2.75, 3.05) is 17.3 Å². The molecular formula is C16H16ClNO5S2. The van der Waals surface area contributed by atoms with E-state index in [0.717, 1.165) is 6.26 Å². The zero-order valence-electron chi connectivity index (χ0n) is 13.3. The fourth-order valence-corrected chi connectivity index (χ4v) is 4.30. The standard InChI is InChI=1S/C16H16ClNO5S2/c1-24(20,21)15-5-3-2-4-14(15)18-16(19)10-11-25(22,23)13-8-6-12(17)7-9-13/h2-9H,10-11H2,1H3,(H,18,19). The highest BCUT2D eigenvalue weighted by Crippen LogP contribution is 2.21. The SMILES string of the molecule is CS(=O)(=O)c1ccccc1NC(=O)CCS(=O)(=O)c1ccc(Cl)cc1. The highest BCUT2D eigenvalue weighted by atomic mass is 35.5. The predicted octanol–water partition coefficient (Wildman–Crippen LogP) is 2.55. The van der Waals surface area contributed by atoms with Gasteiger partial charge in [0.25, 0.3) is 0 Å². The van der Waals surface area contributed by atoms with Crippen LogP contribution in [0.2, 0.25) is 5.02 Å². The van der Waals surface area contributed by atoms with E-state index in [0.29, 0.717) is 5.02 Å². The third-order valence-electron chi connectivity index (χ3n) is 3.33. The van der Waals surface area contributed by atoms with E-state index in [4.69, 9.17) is 11.6 Å². The molecule has 9 heteroatoms. The maximum absolute atomic E-state index is 12.2. The zero-order valence-corrected chi connectivity index (χ0v) is 15.7. The van der Waals surface area contributed by atoms with Gasteiger partial charge in [-0.3, -0.25) is 4.79 Å². The molecule has 2 aromatic carbocycles. The van der Waals surface area contributed by atoms with Gasteiger partial charge in [-0.2, -0.15) is 0 Å². The van der Waals surface area contributed by atoms with Crippen LogP contribution < -0.4 is 5.32 Å². The largest absolute Gasteiger partial charge is 0.325 e. The first-order valence-corrected chi connectivity index (χ1v) is 11.1. The Bertz CT molecular complexity index is 983. The number of halogens is 1. The lowest BCUT2D eigenvalue weighted by molar-refractivity contribution is -0.115. The molecule has 0 spiro atoms. The van der Waals surface area contributed by atoms with E-state index in [9.17, 15) is 21.6 Å². The molecule has 0 fully saturated rings. The molecule has 0 aliphatic carbocycles. The molecular weight excluding hydrogens is 386 g/mol. The molecule has 2 aromatic rings. The number of para-hydroxylation sites is 1. The van der Waals surface area contributed by atoms with Crippen molar-refractivity contribution in [1.82, 2.24) is 0 Å². The molecule has 6 nitrogen and oxygen atoms in total. The average Bonchev–Trinajstić information content (AvgIpc) is 2.53. The van der Waals surface area contributed by atoms with Crippen LogP contribution in [0.5, 0.6) is 0 Å². The molecule has 0 saturated heterocycles. The highest BCUT2D eigenvalue weighted by Gasteiger charge is 2.18. The first-order chi connectivity index (χ1) is 11.6. The van der Waals surface area contributed by atoms with Crippen molar-refractivity contribution in [1.29, 1.82) is 0 Å². The summed E-state index contributed by atoms with van der Waals surface area (Å²) in [5.74, 6) is -0.991. The molecule has 0 aliphatic heterocycles. The van der Waals surface area contributed by atoms with Crippen molar-refractivity contribution in [3.63, 3.8) is 0 Å². The van der Waals surface area contributed by atoms with E-state index < -0.39 is 31.3 Å². The molecule has 1 N–H and O–H groups in total. The van der Waals surface area contributed by atoms with E-state index in [1.807, 2.05) is 0 Å². The minimum absolute atomic E-state index is 0.0242. The van der Waals surface area contributed by atoms with Crippen LogP contribution in [0.25, 0.3) is 0 Å². The molecule has 2 rings (SSSR count). The Morgan fingerprint density at radius 3 is 2.20 bits per heavy atom. The van der Waals surface area contributed by atoms with E-state index in [2.05, 4.69) is 5.32 Å². The molecule has 0 atom stereocenters. The second-order valence-electron chi connectivity index (χ2n) is 5.34. The predicted molar refractivity (Wildman–Crippen MR) is 96.3 cm³/mol. The van der Waals surface area contributed by atoms with E-state index in [-0.39, 0.29) is 21.9 Å². The second kappa shape index (κ2) is 7.55. The Morgan fingerprint density at radius 2 is 1.60 bits per heavy atom. The summed E-state index contributed by atoms with van der Waals surface area (Å²) < 4.78 is 47.8. The fraction of sp³-hybridized carbons (Fsp3) is 0.188. The number of nitrogens with one attached hydrogen (secondary N) is 1. The van der Waals surface area contributed by atoms with E-state index in [1.165, 1.54) is 42.5 Å². The topological polar surface area (TPSA) is 97.4 Å². The molecule has 0 bridgehead atoms. The summed E-state index contributed by atoms with van der Waals surface area (Å²) in [5.41, 5.74) is 0.124. The van der Waals surface area contributed by atoms with Crippen molar-refractivity contribution in [3.05, 3.63) is 53.6 Å². The van der Waals surface area contributed by atoms with Crippen LogP contribution in [0.15, 0.2) is 58.3 Å². The van der Waals surface area contributed by atoms with Crippen LogP contribution in [0, 0.1) is 0 Å². The van der Waals surface area contributed by atoms with Crippen LogP contribution in [0.1, 0.15) is 6.42 Å². The number of hydrogen-bond donors (Lipinski definition) is 1. The van der Waals surface area contributed by atoms with Gasteiger partial charge in [-0.05, 0) is 36.4 Å². The molecule has 25 heavy (non-hydrogen) atoms. The van der Waals surface area contributed by atoms with Gasteiger partial charge in [0.2, 0.25) is 5.91 Å². The maximum atomic E-state index is 12.2. The van der Waals surface area contributed by atoms with Gasteiger partial charge in [0.1, 0.15) is 0 Å². The third kappa shape index (κ3) is 5.29. The van der Waals surface area contributed by atoms with Crippen molar-refractivity contribution in [2.24, 2.45) is 0 Å². The number of anilines is 1. The second-order valence-corrected chi connectivity index (χ2v) is 9.87. The molecule has 0 saturated carbocycles. The number of hydrogen-bond acceptors (Lipinski definition) is 5. The van der Waals surface area contributed by atoms with Crippen molar-refractivity contribution >= 4 is 42.9 Å². The summed E-state index contributed by atoms with van der Waals surface area (Å²) in [5, 5.41) is 2.86. The summed E-state index contributed by atoms with van der Waals surface area (Å²) in [6.07, 6.45) is 0.728. The summed E-state index contributed by atoms with van der Waals surface area (Å²) in [6, 6.07) is 11.6. The van der Waals surface area contributed by atoms with Gasteiger partial charge in [0.15, 0.2) is 19.7 Å². The average molecular weight is 402 g/mol. The van der Waals surface area contributed by atoms with Gasteiger partial charge in [-0.15, -0.1) is 0 Å². The molecule has 0 heterocycles. The number of carbonyl (C=O) groups is 1. The van der Waals surface area contributed by atoms with Crippen LogP contribution in [-0.2, 0) is 24.5 Å². The summed E-state index contributed by atoms with van der Waals surface area (Å²) in [7, 11) is -7.16. The third-order valence-corrected chi connectivity index (χ3v) is 6.47. The molecule has 0 aliphatic rings. The van der Waals surface area contributed by atoms with Gasteiger partial charge in [-0.1, -0.05) is 23.7 Å². The van der Waals surface area contributed by atoms with Gasteiger partial charge in [0, 0.05) is 17.7 Å². The van der Waals surface area contributed by atoms with Crippen LogP contribution in [0.3, 0.4) is 0 Å². The Balaban J connectivity index is 2.08. The Morgan fingerprint density at radius 1 is 1.00 bits per heavy atom. The van der Waals surface area contributed by atoms with Crippen molar-refractivity contribution in [2.45, 2.75) is 16.2 Å². The zero-order chi connectivity index (χ0) is 18.7. The summed E-state index contributed by atoms with van der Waals surface area (Å²) in [4.78, 5) is 12.1. The normalized spacial score (nSPS) is 11.9. The first-order valence-electron chi connectivity index (χ1n) is 7.17. The fourth-order valence-electron chi connectivity index (χ4n) is 2.09. The molecule has 0 radical (unpaired) electrons. The Hall–Kier alpha value is -1.90. The van der Waals surface area contributed by atoms with Gasteiger partial charge in [0.05, 0.1) is 21.2 Å². The van der Waals surface area contributed by atoms with Crippen LogP contribution in [0.4, 0.5) is 5.69 Å². The van der Waals surface area contributed by atoms with Gasteiger partial charge in [-0.25, -0.2) is 16.8 Å². The van der Waals surface area contributed by atoms with Crippen LogP contribution in [-0.4, -0.2) is 34.8 Å². The lowest BCUT2D eigenvalue weighted by Gasteiger charge is -2.10. The van der Waals surface area contributed by atoms with Crippen molar-refractivity contribution < 1.29 is 21.6 Å². The minimum atomic E-state index is -3.64. The number of rotatable bonds is 6. The molecule has 0 aromatic heterocycles. The Kier molecular flexibility index (Phi) is 5.87. The summed E-state index contributed by atoms with van der Waals surface area (Å²) >= 11 is 5.72. The quantitative estimate of drug-likeness (QED) is 0.802. The molecule has 1 amide bonds. The van der Waals surface area contributed by atoms with Gasteiger partial charge < -0.3 is 5.32 Å². The van der Waals surface area contributed by atoms with E-state index in [1.54, 1.807) is 6.07 Å². The van der Waals surface area contributed by atoms with Crippen molar-refractivity contribution in [3.8, 4) is 0 Å². The number of carbonyl (C=O) groups excluding carboxylic acids is 1. The minimum Gasteiger partial charge on any atom is -0.325 e. The monoisotopic (exact) mass is 401 g/mol. The number of amides is 1. The lowest BCUT2D eigenvalue weighted by atomic mass is 10.3. The lowest BCUT2D eigenvalue weighted by Crippen LogP contribution is -2.18. The number of benzene rings is 2. The summed E-state index contributed by atoms with van der Waals surface area (Å²) in [6.45, 7) is 0. The van der Waals surface area contributed by atoms with E-state index >= 15 is 0 Å². The van der Waals surface area contributed by atoms with Gasteiger partial charge >= 0.3 is 0 Å². The molecule has 0 unspecified atom stereocenters. The smallest absolute Gasteiger partial charge is 0.225 e. The number of sulfone groups is 2. The maximum Gasteiger partial charge on any atom is 0.225 e. The van der Waals surface area contributed by atoms with Crippen LogP contribution >= 0.6 is 11.6 Å².